The van der Waals surface area contributed by atoms with Gasteiger partial charge in [0.05, 0.1) is 11.1 Å². The van der Waals surface area contributed by atoms with E-state index < -0.39 is 17.7 Å². The van der Waals surface area contributed by atoms with Gasteiger partial charge >= 0.3 is 12.1 Å². The molecule has 0 atom stereocenters. The second-order valence-corrected chi connectivity index (χ2v) is 5.72. The van der Waals surface area contributed by atoms with Crippen LogP contribution < -0.4 is 0 Å². The third-order valence-electron chi connectivity index (χ3n) is 2.31. The molecule has 1 N–H and O–H groups in total. The molecule has 2 heterocycles. The highest BCUT2D eigenvalue weighted by Gasteiger charge is 2.30. The van der Waals surface area contributed by atoms with Crippen molar-refractivity contribution in [1.29, 1.82) is 0 Å². The van der Waals surface area contributed by atoms with Gasteiger partial charge in [-0.05, 0) is 45.9 Å². The molecule has 2 rings (SSSR count). The molecule has 0 amide bonds. The average Bonchev–Trinajstić information content (AvgIpc) is 2.40. The van der Waals surface area contributed by atoms with E-state index in [0.29, 0.717) is 10.7 Å². The van der Waals surface area contributed by atoms with Crippen molar-refractivity contribution in [2.45, 2.75) is 16.2 Å². The molecule has 0 aliphatic heterocycles. The minimum Gasteiger partial charge on any atom is -0.478 e. The highest BCUT2D eigenvalue weighted by molar-refractivity contribution is 9.10. The van der Waals surface area contributed by atoms with Crippen LogP contribution in [-0.4, -0.2) is 21.0 Å². The molecule has 0 aromatic carbocycles. The Kier molecular flexibility index (Phi) is 4.52. The van der Waals surface area contributed by atoms with E-state index in [0.717, 1.165) is 17.8 Å². The number of carbonyl (C=O) groups is 1. The largest absolute Gasteiger partial charge is 0.478 e. The fourth-order valence-corrected chi connectivity index (χ4v) is 2.50. The maximum Gasteiger partial charge on any atom is 0.417 e. The van der Waals surface area contributed by atoms with Crippen LogP contribution in [0.3, 0.4) is 0 Å². The summed E-state index contributed by atoms with van der Waals surface area (Å²) in [6.45, 7) is 0. The number of halogens is 4. The Morgan fingerprint density at radius 1 is 1.24 bits per heavy atom. The predicted octanol–water partition coefficient (Wildman–Crippen LogP) is 4.11. The monoisotopic (exact) mass is 378 g/mol. The Morgan fingerprint density at radius 3 is 2.48 bits per heavy atom. The number of alkyl halides is 3. The molecular weight excluding hydrogens is 373 g/mol. The van der Waals surface area contributed by atoms with Crippen LogP contribution in [0.1, 0.15) is 15.9 Å². The van der Waals surface area contributed by atoms with Crippen LogP contribution in [-0.2, 0) is 6.18 Å². The van der Waals surface area contributed by atoms with E-state index in [2.05, 4.69) is 25.9 Å². The molecular formula is C12H6BrF3N2O2S. The number of pyridine rings is 2. The van der Waals surface area contributed by atoms with Gasteiger partial charge in [0.15, 0.2) is 0 Å². The van der Waals surface area contributed by atoms with Gasteiger partial charge in [0.25, 0.3) is 0 Å². The molecule has 110 valence electrons. The van der Waals surface area contributed by atoms with Crippen molar-refractivity contribution < 1.29 is 23.1 Å². The van der Waals surface area contributed by atoms with Crippen LogP contribution in [0.5, 0.6) is 0 Å². The number of nitrogens with zero attached hydrogens (tertiary/aromatic N) is 2. The molecule has 0 bridgehead atoms. The zero-order chi connectivity index (χ0) is 15.6. The minimum atomic E-state index is -4.46. The van der Waals surface area contributed by atoms with Crippen molar-refractivity contribution in [2.75, 3.05) is 0 Å². The first-order valence-electron chi connectivity index (χ1n) is 5.37. The van der Waals surface area contributed by atoms with Crippen molar-refractivity contribution in [3.63, 3.8) is 0 Å². The first kappa shape index (κ1) is 15.8. The molecule has 2 aromatic rings. The summed E-state index contributed by atoms with van der Waals surface area (Å²) >= 11 is 3.99. The predicted molar refractivity (Wildman–Crippen MR) is 72.3 cm³/mol. The average molecular weight is 379 g/mol. The van der Waals surface area contributed by atoms with E-state index in [1.165, 1.54) is 18.3 Å². The number of hydrogen-bond donors (Lipinski definition) is 1. The van der Waals surface area contributed by atoms with E-state index in [4.69, 9.17) is 5.11 Å². The highest BCUT2D eigenvalue weighted by atomic mass is 79.9. The Hall–Kier alpha value is -1.61. The molecule has 0 aliphatic rings. The summed E-state index contributed by atoms with van der Waals surface area (Å²) in [5, 5.41) is 9.45. The molecule has 0 unspecified atom stereocenters. The molecule has 0 radical (unpaired) electrons. The van der Waals surface area contributed by atoms with Crippen LogP contribution in [0.4, 0.5) is 13.2 Å². The SMILES string of the molecule is O=C(O)c1cc(Br)cnc1Sc1ccc(C(F)(F)F)cn1. The van der Waals surface area contributed by atoms with Crippen LogP contribution >= 0.6 is 27.7 Å². The van der Waals surface area contributed by atoms with Gasteiger partial charge in [0.1, 0.15) is 10.1 Å². The Bertz CT molecular complexity index is 677. The third kappa shape index (κ3) is 3.94. The van der Waals surface area contributed by atoms with Gasteiger partial charge in [-0.1, -0.05) is 0 Å². The molecule has 0 fully saturated rings. The number of carboxylic acids is 1. The van der Waals surface area contributed by atoms with Gasteiger partial charge in [-0.2, -0.15) is 13.2 Å². The lowest BCUT2D eigenvalue weighted by Crippen LogP contribution is -2.05. The molecule has 2 aromatic heterocycles. The summed E-state index contributed by atoms with van der Waals surface area (Å²) in [4.78, 5) is 18.7. The molecule has 4 nitrogen and oxygen atoms in total. The summed E-state index contributed by atoms with van der Waals surface area (Å²) in [7, 11) is 0. The molecule has 9 heteroatoms. The van der Waals surface area contributed by atoms with E-state index in [1.807, 2.05) is 0 Å². The summed E-state index contributed by atoms with van der Waals surface area (Å²) in [5.41, 5.74) is -0.926. The number of hydrogen-bond acceptors (Lipinski definition) is 4. The summed E-state index contributed by atoms with van der Waals surface area (Å²) in [6.07, 6.45) is -2.36. The van der Waals surface area contributed by atoms with Gasteiger partial charge in [0, 0.05) is 16.9 Å². The van der Waals surface area contributed by atoms with E-state index in [1.54, 1.807) is 0 Å². The maximum absolute atomic E-state index is 12.4. The second kappa shape index (κ2) is 6.02. The smallest absolute Gasteiger partial charge is 0.417 e. The molecule has 0 aliphatic carbocycles. The van der Waals surface area contributed by atoms with Gasteiger partial charge in [-0.3, -0.25) is 0 Å². The van der Waals surface area contributed by atoms with Gasteiger partial charge < -0.3 is 5.11 Å². The minimum absolute atomic E-state index is 0.0592. The number of rotatable bonds is 3. The Labute approximate surface area is 129 Å². The van der Waals surface area contributed by atoms with Crippen molar-refractivity contribution in [3.8, 4) is 0 Å². The van der Waals surface area contributed by atoms with E-state index >= 15 is 0 Å². The highest BCUT2D eigenvalue weighted by Crippen LogP contribution is 2.32. The standard InChI is InChI=1S/C12H6BrF3N2O2S/c13-7-3-8(11(19)20)10(18-5-7)21-9-2-1-6(4-17-9)12(14,15)16/h1-5H,(H,19,20). The van der Waals surface area contributed by atoms with E-state index in [-0.39, 0.29) is 15.6 Å². The Balaban J connectivity index is 2.28. The van der Waals surface area contributed by atoms with Gasteiger partial charge in [-0.25, -0.2) is 14.8 Å². The fourth-order valence-electron chi connectivity index (χ4n) is 1.37. The lowest BCUT2D eigenvalue weighted by Gasteiger charge is -2.07. The fraction of sp³-hybridized carbons (Fsp3) is 0.0833. The first-order chi connectivity index (χ1) is 9.77. The number of aromatic nitrogens is 2. The number of carboxylic acid groups (broad SMARTS) is 1. The molecule has 0 spiro atoms. The molecule has 21 heavy (non-hydrogen) atoms. The van der Waals surface area contributed by atoms with Gasteiger partial charge in [-0.15, -0.1) is 0 Å². The zero-order valence-electron chi connectivity index (χ0n) is 10.1. The molecule has 0 saturated carbocycles. The Morgan fingerprint density at radius 2 is 1.95 bits per heavy atom. The van der Waals surface area contributed by atoms with Crippen molar-refractivity contribution >= 4 is 33.7 Å². The third-order valence-corrected chi connectivity index (χ3v) is 3.72. The van der Waals surface area contributed by atoms with E-state index in [9.17, 15) is 18.0 Å². The van der Waals surface area contributed by atoms with Crippen LogP contribution in [0.15, 0.2) is 45.1 Å². The van der Waals surface area contributed by atoms with Gasteiger partial charge in [0.2, 0.25) is 0 Å². The maximum atomic E-state index is 12.4. The summed E-state index contributed by atoms with van der Waals surface area (Å²) < 4.78 is 37.7. The van der Waals surface area contributed by atoms with Crippen molar-refractivity contribution in [2.24, 2.45) is 0 Å². The lowest BCUT2D eigenvalue weighted by molar-refractivity contribution is -0.137. The van der Waals surface area contributed by atoms with Crippen LogP contribution in [0.25, 0.3) is 0 Å². The van der Waals surface area contributed by atoms with Crippen molar-refractivity contribution in [3.05, 3.63) is 46.2 Å². The zero-order valence-corrected chi connectivity index (χ0v) is 12.5. The topological polar surface area (TPSA) is 63.1 Å². The quantitative estimate of drug-likeness (QED) is 0.870. The van der Waals surface area contributed by atoms with Crippen LogP contribution in [0.2, 0.25) is 0 Å². The molecule has 0 saturated heterocycles. The van der Waals surface area contributed by atoms with Crippen molar-refractivity contribution in [1.82, 2.24) is 9.97 Å². The first-order valence-corrected chi connectivity index (χ1v) is 6.98. The second-order valence-electron chi connectivity index (χ2n) is 3.80. The summed E-state index contributed by atoms with van der Waals surface area (Å²) in [6, 6.07) is 3.42. The summed E-state index contributed by atoms with van der Waals surface area (Å²) in [5.74, 6) is -1.18. The van der Waals surface area contributed by atoms with Crippen LogP contribution in [0, 0.1) is 0 Å². The number of aromatic carboxylic acids is 1. The normalized spacial score (nSPS) is 11.4. The lowest BCUT2D eigenvalue weighted by atomic mass is 10.3.